The zero-order chi connectivity index (χ0) is 95.5. The first kappa shape index (κ1) is 102. The van der Waals surface area contributed by atoms with Crippen LogP contribution in [0.25, 0.3) is 116 Å². The molecule has 3 unspecified atom stereocenters. The summed E-state index contributed by atoms with van der Waals surface area (Å²) in [6.07, 6.45) is 39.9. The van der Waals surface area contributed by atoms with E-state index in [1.807, 2.05) is 0 Å². The molecule has 23 rings (SSSR count). The third kappa shape index (κ3) is 20.7. The monoisotopic (exact) mass is 1930 g/mol. The van der Waals surface area contributed by atoms with Crippen molar-refractivity contribution in [2.24, 2.45) is 5.92 Å². The van der Waals surface area contributed by atoms with Gasteiger partial charge in [-0.1, -0.05) is 386 Å². The Hall–Kier alpha value is -12.6. The van der Waals surface area contributed by atoms with Gasteiger partial charge in [-0.2, -0.15) is 13.7 Å². The van der Waals surface area contributed by atoms with Crippen molar-refractivity contribution >= 4 is 133 Å². The quantitative estimate of drug-likeness (QED) is 0.0194. The fraction of sp³-hybridized carbons (Fsp3) is 0.331. The Bertz CT molecular complexity index is 7490. The van der Waals surface area contributed by atoms with Gasteiger partial charge in [0, 0.05) is 124 Å². The standard InChI is InChI=1S/C44H47N2O.C44H49N2O.C38H37N2O.C5H10.2CH3.Fe/c1-3-28-45-38-26-24-34-20-9-11-22-36(34)42(38)44(2,31-33-18-5-4-6-19-33)40(45)30-41-46(29-14-13-17-32-15-7-8-16-32)39-27-25-35-21-10-12-23-37(35)43(39)47-41;1-4-6-8-17-29-45-38-27-25-34-21-13-15-23-36(34)42(38)44(3,32-33-19-11-10-12-20-33)40(45)31-41-46(30-18-9-7-5-2)39-28-26-35-22-14-16-24-37(35)43(39)47-41;1-4-23-39-32-21-19-28-15-9-11-17-30(28)36(32)38(3,26-27-13-7-6-8-14-27)34(39)25-35-40(24-5-2)33-22-20-29-16-10-12-18-31(29)37(33)41-35;1-2-4-5-3-1;;;/h4-6,9-12,18-27,30,32H,3,7-8,13-17,28-29,31H2,1-2H3;10-16,19-28,31H,4-9,17-18,29-30,32H2,1-3H3;6-22,25H,4-5,23-24,26H2,1-3H3;1-5H2;2*1H3;/q3*+1;;2*-1;+2. The topological polar surface area (TPSA) is 60.8 Å². The molecule has 2 fully saturated rings. The zero-order valence-electron chi connectivity index (χ0n) is 86.6. The van der Waals surface area contributed by atoms with Crippen LogP contribution in [0.5, 0.6) is 0 Å². The maximum atomic E-state index is 7.02. The van der Waals surface area contributed by atoms with E-state index < -0.39 is 0 Å². The summed E-state index contributed by atoms with van der Waals surface area (Å²) in [5, 5.41) is 15.1. The van der Waals surface area contributed by atoms with Gasteiger partial charge < -0.3 is 42.8 Å². The number of anilines is 3. The number of aromatic nitrogens is 3. The molecule has 3 aromatic heterocycles. The Morgan fingerprint density at radius 1 is 0.280 bits per heavy atom. The van der Waals surface area contributed by atoms with Crippen LogP contribution < -0.4 is 28.4 Å². The zero-order valence-corrected chi connectivity index (χ0v) is 87.7. The normalized spacial score (nSPS) is 17.8. The largest absolute Gasteiger partial charge is 2.00 e. The van der Waals surface area contributed by atoms with Gasteiger partial charge in [-0.25, -0.2) is 0 Å². The van der Waals surface area contributed by atoms with Gasteiger partial charge in [-0.3, -0.25) is 0 Å². The minimum atomic E-state index is -0.247. The molecule has 5 aliphatic rings. The van der Waals surface area contributed by atoms with Crippen LogP contribution in [0.15, 0.2) is 340 Å². The Labute approximate surface area is 861 Å². The van der Waals surface area contributed by atoms with E-state index in [0.29, 0.717) is 0 Å². The minimum absolute atomic E-state index is 0. The van der Waals surface area contributed by atoms with E-state index in [9.17, 15) is 0 Å². The van der Waals surface area contributed by atoms with Gasteiger partial charge >= 0.3 is 34.7 Å². The Balaban J connectivity index is 0.000000142. The second-order valence-corrected chi connectivity index (χ2v) is 41.3. The van der Waals surface area contributed by atoms with E-state index in [-0.39, 0.29) is 48.2 Å². The Morgan fingerprint density at radius 2 is 0.566 bits per heavy atom. The van der Waals surface area contributed by atoms with E-state index in [1.54, 1.807) is 0 Å². The van der Waals surface area contributed by atoms with Crippen LogP contribution in [0.4, 0.5) is 17.1 Å². The van der Waals surface area contributed by atoms with Crippen LogP contribution in [0.1, 0.15) is 254 Å². The first-order chi connectivity index (χ1) is 68.9. The molecule has 9 nitrogen and oxygen atoms in total. The van der Waals surface area contributed by atoms with Crippen molar-refractivity contribution in [2.45, 2.75) is 258 Å². The van der Waals surface area contributed by atoms with E-state index in [1.165, 1.54) is 260 Å². The summed E-state index contributed by atoms with van der Waals surface area (Å²) in [4.78, 5) is 7.81. The molecule has 3 atom stereocenters. The van der Waals surface area contributed by atoms with Gasteiger partial charge in [-0.15, -0.1) is 0 Å². The molecule has 0 saturated heterocycles. The third-order valence-corrected chi connectivity index (χ3v) is 31.4. The number of unbranched alkanes of at least 4 members (excludes halogenated alkanes) is 7. The van der Waals surface area contributed by atoms with Crippen molar-refractivity contribution in [1.82, 2.24) is 0 Å². The predicted octanol–water partition coefficient (Wildman–Crippen LogP) is 34.8. The summed E-state index contributed by atoms with van der Waals surface area (Å²) in [5.74, 6) is 3.77. The molecule has 15 aromatic carbocycles. The summed E-state index contributed by atoms with van der Waals surface area (Å²) in [5.41, 5.74) is 22.1. The van der Waals surface area contributed by atoms with E-state index in [0.717, 1.165) is 135 Å². The minimum Gasteiger partial charge on any atom is -0.397 e. The average molecular weight is 1940 g/mol. The Kier molecular flexibility index (Phi) is 33.1. The number of fused-ring (bicyclic) bond motifs is 18. The predicted molar refractivity (Wildman–Crippen MR) is 603 cm³/mol. The van der Waals surface area contributed by atoms with Crippen LogP contribution in [0, 0.1) is 20.8 Å². The fourth-order valence-corrected chi connectivity index (χ4v) is 24.6. The van der Waals surface area contributed by atoms with E-state index in [2.05, 4.69) is 411 Å². The first-order valence-electron chi connectivity index (χ1n) is 53.6. The molecular weight excluding hydrogens is 1790 g/mol. The molecule has 0 N–H and O–H groups in total. The van der Waals surface area contributed by atoms with E-state index >= 15 is 0 Å². The van der Waals surface area contributed by atoms with Crippen molar-refractivity contribution in [2.75, 3.05) is 34.3 Å². The van der Waals surface area contributed by atoms with Crippen molar-refractivity contribution in [3.8, 4) is 0 Å². The summed E-state index contributed by atoms with van der Waals surface area (Å²) in [6.45, 7) is 24.5. The van der Waals surface area contributed by atoms with Crippen molar-refractivity contribution in [3.63, 3.8) is 0 Å². The molecule has 3 aliphatic heterocycles. The molecule has 143 heavy (non-hydrogen) atoms. The molecule has 0 spiro atoms. The van der Waals surface area contributed by atoms with Crippen molar-refractivity contribution in [1.29, 1.82) is 0 Å². The molecule has 6 heterocycles. The molecule has 10 heteroatoms. The molecule has 0 bridgehead atoms. The number of nitrogens with zero attached hydrogens (tertiary/aromatic N) is 6. The van der Waals surface area contributed by atoms with Gasteiger partial charge in [0.05, 0.1) is 18.2 Å². The third-order valence-electron chi connectivity index (χ3n) is 31.4. The van der Waals surface area contributed by atoms with Crippen molar-refractivity contribution in [3.05, 3.63) is 392 Å². The SMILES string of the molecule is C1CCCC1.CCCCCCN1C(=Cc2oc3c4ccccc4ccc3[n+]2CCCCCC)C(C)(Cc2ccccc2)c2c1ccc1ccccc21.CCCN1C(=Cc2oc3c4ccccc4ccc3[n+]2CCC)C(C)(Cc2ccccc2)c2c1ccc1ccccc21.CCCN1C(=Cc2oc3c4ccccc4ccc3[n+]2CCCCC2CCCC2)C(C)(Cc2ccccc2)c2c1ccc1ccccc21.[CH3-].[CH3-].[Fe+2]. The smallest absolute Gasteiger partial charge is 0.397 e. The number of hydrogen-bond acceptors (Lipinski definition) is 6. The number of hydrogen-bond donors (Lipinski definition) is 0. The maximum absolute atomic E-state index is 7.02. The van der Waals surface area contributed by atoms with Crippen LogP contribution >= 0.6 is 0 Å². The van der Waals surface area contributed by atoms with Gasteiger partial charge in [-0.05, 0) is 196 Å². The molecule has 734 valence electrons. The summed E-state index contributed by atoms with van der Waals surface area (Å²) in [7, 11) is 0. The number of oxazole rings is 3. The van der Waals surface area contributed by atoms with Crippen LogP contribution in [0.3, 0.4) is 0 Å². The van der Waals surface area contributed by atoms with Gasteiger partial charge in [0.15, 0.2) is 19.6 Å². The first-order valence-corrected chi connectivity index (χ1v) is 53.6. The fourth-order valence-electron chi connectivity index (χ4n) is 24.6. The van der Waals surface area contributed by atoms with E-state index in [4.69, 9.17) is 13.3 Å². The second-order valence-electron chi connectivity index (χ2n) is 41.3. The van der Waals surface area contributed by atoms with Crippen LogP contribution in [0.2, 0.25) is 0 Å². The maximum Gasteiger partial charge on any atom is 2.00 e. The molecule has 2 saturated carbocycles. The Morgan fingerprint density at radius 3 is 0.895 bits per heavy atom. The van der Waals surface area contributed by atoms with Crippen molar-refractivity contribution < 1.29 is 44.0 Å². The van der Waals surface area contributed by atoms with Gasteiger partial charge in [0.2, 0.25) is 16.7 Å². The molecule has 0 amide bonds. The van der Waals surface area contributed by atoms with Crippen LogP contribution in [-0.2, 0) is 72.2 Å². The molecule has 2 aliphatic carbocycles. The number of rotatable bonds is 30. The van der Waals surface area contributed by atoms with Gasteiger partial charge in [0.1, 0.15) is 0 Å². The average Bonchev–Trinajstić information content (AvgIpc) is 1.56. The number of allylic oxidation sites excluding steroid dienone is 3. The summed E-state index contributed by atoms with van der Waals surface area (Å²) < 4.78 is 28.2. The van der Waals surface area contributed by atoms with Gasteiger partial charge in [0.25, 0.3) is 16.6 Å². The molecule has 0 radical (unpaired) electrons. The summed E-state index contributed by atoms with van der Waals surface area (Å²) >= 11 is 0. The summed E-state index contributed by atoms with van der Waals surface area (Å²) in [6, 6.07) is 113. The number of aryl methyl sites for hydroxylation is 3. The molecular formula is C133H149FeN6O3+3. The van der Waals surface area contributed by atoms with Crippen LogP contribution in [-0.4, -0.2) is 19.6 Å². The molecule has 18 aromatic rings. The second kappa shape index (κ2) is 46.4. The number of benzene rings is 15.